The minimum absolute atomic E-state index is 0. The second-order valence-electron chi connectivity index (χ2n) is 6.21. The summed E-state index contributed by atoms with van der Waals surface area (Å²) in [5.41, 5.74) is 5.63. The summed E-state index contributed by atoms with van der Waals surface area (Å²) in [5, 5.41) is 0. The van der Waals surface area contributed by atoms with Crippen LogP contribution in [0, 0.1) is 5.92 Å². The molecule has 128 valence electrons. The fraction of sp³-hybridized carbons (Fsp3) is 0.867. The molecule has 2 amide bonds. The number of halogens is 1. The van der Waals surface area contributed by atoms with Gasteiger partial charge < -0.3 is 15.5 Å². The molecule has 0 aliphatic carbocycles. The lowest BCUT2D eigenvalue weighted by atomic mass is 9.95. The van der Waals surface area contributed by atoms with E-state index in [0.717, 1.165) is 32.5 Å². The predicted molar refractivity (Wildman–Crippen MR) is 88.9 cm³/mol. The van der Waals surface area contributed by atoms with Crippen molar-refractivity contribution >= 4 is 24.2 Å². The molecule has 2 fully saturated rings. The van der Waals surface area contributed by atoms with Gasteiger partial charge in [0.1, 0.15) is 0 Å². The van der Waals surface area contributed by atoms with Crippen LogP contribution in [-0.2, 0) is 9.59 Å². The van der Waals surface area contributed by atoms with Crippen molar-refractivity contribution < 1.29 is 9.59 Å². The Hall–Kier alpha value is -0.850. The number of nitrogens with zero attached hydrogens (tertiary/aromatic N) is 3. The second-order valence-corrected chi connectivity index (χ2v) is 6.21. The number of carbonyl (C=O) groups is 2. The van der Waals surface area contributed by atoms with E-state index < -0.39 is 0 Å². The number of piperidine rings is 1. The number of piperazine rings is 1. The molecule has 2 aliphatic rings. The molecule has 2 saturated heterocycles. The topological polar surface area (TPSA) is 69.9 Å². The van der Waals surface area contributed by atoms with Gasteiger partial charge in [0.05, 0.1) is 6.54 Å². The van der Waals surface area contributed by atoms with E-state index in [1.165, 1.54) is 6.42 Å². The van der Waals surface area contributed by atoms with E-state index in [1.54, 1.807) is 6.92 Å². The van der Waals surface area contributed by atoms with Gasteiger partial charge in [-0.25, -0.2) is 0 Å². The van der Waals surface area contributed by atoms with Crippen LogP contribution >= 0.6 is 12.4 Å². The standard InChI is InChI=1S/C15H28N4O2.ClH/c1-13(20)18-7-9-19(10-8-18)15(21)12-17-6-2-3-14(11-17)4-5-16;/h14H,2-12,16H2,1H3;1H. The summed E-state index contributed by atoms with van der Waals surface area (Å²) in [7, 11) is 0. The summed E-state index contributed by atoms with van der Waals surface area (Å²) < 4.78 is 0. The van der Waals surface area contributed by atoms with E-state index in [-0.39, 0.29) is 24.2 Å². The van der Waals surface area contributed by atoms with E-state index >= 15 is 0 Å². The molecule has 0 bridgehead atoms. The van der Waals surface area contributed by atoms with Crippen LogP contribution in [0.4, 0.5) is 0 Å². The van der Waals surface area contributed by atoms with Crippen LogP contribution < -0.4 is 5.73 Å². The fourth-order valence-corrected chi connectivity index (χ4v) is 3.33. The zero-order chi connectivity index (χ0) is 15.2. The number of amides is 2. The van der Waals surface area contributed by atoms with Gasteiger partial charge in [-0.15, -0.1) is 12.4 Å². The Labute approximate surface area is 139 Å². The fourth-order valence-electron chi connectivity index (χ4n) is 3.33. The molecule has 1 unspecified atom stereocenters. The lowest BCUT2D eigenvalue weighted by Gasteiger charge is -2.37. The Kier molecular flexibility index (Phi) is 8.14. The maximum Gasteiger partial charge on any atom is 0.236 e. The van der Waals surface area contributed by atoms with Crippen molar-refractivity contribution in [3.8, 4) is 0 Å². The minimum atomic E-state index is 0. The van der Waals surface area contributed by atoms with E-state index in [4.69, 9.17) is 5.73 Å². The highest BCUT2D eigenvalue weighted by Crippen LogP contribution is 2.19. The molecule has 22 heavy (non-hydrogen) atoms. The molecular formula is C15H29ClN4O2. The van der Waals surface area contributed by atoms with Gasteiger partial charge in [-0.1, -0.05) is 0 Å². The highest BCUT2D eigenvalue weighted by atomic mass is 35.5. The maximum atomic E-state index is 12.4. The molecule has 1 atom stereocenters. The smallest absolute Gasteiger partial charge is 0.236 e. The van der Waals surface area contributed by atoms with Crippen molar-refractivity contribution in [1.29, 1.82) is 0 Å². The van der Waals surface area contributed by atoms with Crippen LogP contribution in [0.5, 0.6) is 0 Å². The van der Waals surface area contributed by atoms with Crippen molar-refractivity contribution in [1.82, 2.24) is 14.7 Å². The number of rotatable bonds is 4. The number of hydrogen-bond donors (Lipinski definition) is 1. The Morgan fingerprint density at radius 2 is 1.73 bits per heavy atom. The Morgan fingerprint density at radius 1 is 1.09 bits per heavy atom. The zero-order valence-electron chi connectivity index (χ0n) is 13.5. The van der Waals surface area contributed by atoms with E-state index in [0.29, 0.717) is 38.6 Å². The molecule has 2 N–H and O–H groups in total. The zero-order valence-corrected chi connectivity index (χ0v) is 14.3. The molecule has 0 radical (unpaired) electrons. The van der Waals surface area contributed by atoms with Crippen molar-refractivity contribution in [3.05, 3.63) is 0 Å². The minimum Gasteiger partial charge on any atom is -0.339 e. The van der Waals surface area contributed by atoms with Crippen LogP contribution in [-0.4, -0.2) is 78.9 Å². The van der Waals surface area contributed by atoms with Crippen molar-refractivity contribution in [3.63, 3.8) is 0 Å². The Balaban J connectivity index is 0.00000242. The summed E-state index contributed by atoms with van der Waals surface area (Å²) in [6, 6.07) is 0. The van der Waals surface area contributed by atoms with Gasteiger partial charge in [-0.3, -0.25) is 14.5 Å². The summed E-state index contributed by atoms with van der Waals surface area (Å²) in [6.07, 6.45) is 3.46. The number of nitrogens with two attached hydrogens (primary N) is 1. The lowest BCUT2D eigenvalue weighted by Crippen LogP contribution is -2.53. The molecule has 0 spiro atoms. The second kappa shape index (κ2) is 9.33. The highest BCUT2D eigenvalue weighted by Gasteiger charge is 2.26. The molecular weight excluding hydrogens is 304 g/mol. The largest absolute Gasteiger partial charge is 0.339 e. The monoisotopic (exact) mass is 332 g/mol. The van der Waals surface area contributed by atoms with Crippen LogP contribution in [0.1, 0.15) is 26.2 Å². The number of carbonyl (C=O) groups excluding carboxylic acids is 2. The maximum absolute atomic E-state index is 12.4. The summed E-state index contributed by atoms with van der Waals surface area (Å²) >= 11 is 0. The van der Waals surface area contributed by atoms with E-state index in [1.807, 2.05) is 9.80 Å². The third kappa shape index (κ3) is 5.41. The molecule has 2 aliphatic heterocycles. The number of likely N-dealkylation sites (tertiary alicyclic amines) is 1. The van der Waals surface area contributed by atoms with Gasteiger partial charge in [-0.2, -0.15) is 0 Å². The van der Waals surface area contributed by atoms with Gasteiger partial charge >= 0.3 is 0 Å². The van der Waals surface area contributed by atoms with Crippen LogP contribution in [0.2, 0.25) is 0 Å². The third-order valence-corrected chi connectivity index (χ3v) is 4.61. The molecule has 2 heterocycles. The van der Waals surface area contributed by atoms with Crippen LogP contribution in [0.3, 0.4) is 0 Å². The van der Waals surface area contributed by atoms with Gasteiger partial charge in [0, 0.05) is 39.6 Å². The van der Waals surface area contributed by atoms with E-state index in [9.17, 15) is 9.59 Å². The van der Waals surface area contributed by atoms with Crippen LogP contribution in [0.15, 0.2) is 0 Å². The van der Waals surface area contributed by atoms with E-state index in [2.05, 4.69) is 4.90 Å². The van der Waals surface area contributed by atoms with Gasteiger partial charge in [0.15, 0.2) is 0 Å². The van der Waals surface area contributed by atoms with Crippen LogP contribution in [0.25, 0.3) is 0 Å². The third-order valence-electron chi connectivity index (χ3n) is 4.61. The summed E-state index contributed by atoms with van der Waals surface area (Å²) in [6.45, 7) is 7.50. The Morgan fingerprint density at radius 3 is 2.32 bits per heavy atom. The highest BCUT2D eigenvalue weighted by molar-refractivity contribution is 5.85. The quantitative estimate of drug-likeness (QED) is 0.796. The molecule has 2 rings (SSSR count). The summed E-state index contributed by atoms with van der Waals surface area (Å²) in [4.78, 5) is 29.6. The number of hydrogen-bond acceptors (Lipinski definition) is 4. The molecule has 0 aromatic heterocycles. The first-order chi connectivity index (χ1) is 10.1. The predicted octanol–water partition coefficient (Wildman–Crippen LogP) is 0.160. The lowest BCUT2D eigenvalue weighted by molar-refractivity contribution is -0.139. The first-order valence-corrected chi connectivity index (χ1v) is 8.06. The average molecular weight is 333 g/mol. The molecule has 0 aromatic rings. The SMILES string of the molecule is CC(=O)N1CCN(C(=O)CN2CCCC(CCN)C2)CC1.Cl. The van der Waals surface area contributed by atoms with Crippen molar-refractivity contribution in [2.75, 3.05) is 52.4 Å². The Bertz CT molecular complexity index is 371. The first kappa shape index (κ1) is 19.2. The first-order valence-electron chi connectivity index (χ1n) is 8.06. The average Bonchev–Trinajstić information content (AvgIpc) is 2.48. The molecule has 7 heteroatoms. The molecule has 6 nitrogen and oxygen atoms in total. The molecule has 0 saturated carbocycles. The van der Waals surface area contributed by atoms with Gasteiger partial charge in [-0.05, 0) is 38.3 Å². The normalized spacial score (nSPS) is 23.1. The molecule has 0 aromatic carbocycles. The van der Waals surface area contributed by atoms with Crippen molar-refractivity contribution in [2.24, 2.45) is 11.7 Å². The van der Waals surface area contributed by atoms with Crippen molar-refractivity contribution in [2.45, 2.75) is 26.2 Å². The van der Waals surface area contributed by atoms with Gasteiger partial charge in [0.25, 0.3) is 0 Å². The van der Waals surface area contributed by atoms with Gasteiger partial charge in [0.2, 0.25) is 11.8 Å². The summed E-state index contributed by atoms with van der Waals surface area (Å²) in [5.74, 6) is 0.945.